The third-order valence-electron chi connectivity index (χ3n) is 3.44. The molecule has 0 aliphatic heterocycles. The summed E-state index contributed by atoms with van der Waals surface area (Å²) in [5, 5.41) is 12.5. The van der Waals surface area contributed by atoms with E-state index in [0.29, 0.717) is 0 Å². The quantitative estimate of drug-likeness (QED) is 0.866. The Balaban J connectivity index is 1.94. The van der Waals surface area contributed by atoms with E-state index in [1.807, 2.05) is 11.3 Å². The van der Waals surface area contributed by atoms with Crippen LogP contribution in [0.1, 0.15) is 44.7 Å². The molecule has 90 valence electrons. The summed E-state index contributed by atoms with van der Waals surface area (Å²) >= 11 is 3.46. The minimum atomic E-state index is -0.411. The van der Waals surface area contributed by atoms with Gasteiger partial charge in [-0.2, -0.15) is 0 Å². The van der Waals surface area contributed by atoms with E-state index in [1.54, 1.807) is 11.3 Å². The Labute approximate surface area is 110 Å². The van der Waals surface area contributed by atoms with Gasteiger partial charge in [0, 0.05) is 14.6 Å². The molecule has 3 heteroatoms. The number of aryl methyl sites for hydroxylation is 3. The van der Waals surface area contributed by atoms with Gasteiger partial charge in [-0.1, -0.05) is 0 Å². The Kier molecular flexibility index (Phi) is 3.07. The molecule has 0 amide bonds. The Morgan fingerprint density at radius 1 is 1.29 bits per heavy atom. The van der Waals surface area contributed by atoms with Crippen LogP contribution in [0.5, 0.6) is 0 Å². The van der Waals surface area contributed by atoms with Gasteiger partial charge >= 0.3 is 0 Å². The van der Waals surface area contributed by atoms with Crippen LogP contribution >= 0.6 is 22.7 Å². The maximum absolute atomic E-state index is 10.4. The molecule has 2 heterocycles. The number of rotatable bonds is 2. The minimum absolute atomic E-state index is 0.411. The summed E-state index contributed by atoms with van der Waals surface area (Å²) in [5.74, 6) is 0. The molecule has 0 aromatic carbocycles. The van der Waals surface area contributed by atoms with Crippen molar-refractivity contribution in [2.45, 2.75) is 38.7 Å². The van der Waals surface area contributed by atoms with Gasteiger partial charge in [0.2, 0.25) is 0 Å². The van der Waals surface area contributed by atoms with Crippen molar-refractivity contribution in [3.05, 3.63) is 43.3 Å². The van der Waals surface area contributed by atoms with Crippen LogP contribution in [0.4, 0.5) is 0 Å². The smallest absolute Gasteiger partial charge is 0.123 e. The molecule has 1 nitrogen and oxygen atoms in total. The van der Waals surface area contributed by atoms with E-state index in [1.165, 1.54) is 41.7 Å². The van der Waals surface area contributed by atoms with Crippen LogP contribution in [-0.2, 0) is 12.8 Å². The molecular formula is C14H16OS2. The highest BCUT2D eigenvalue weighted by atomic mass is 32.1. The molecule has 0 bridgehead atoms. The number of hydrogen-bond donors (Lipinski definition) is 1. The molecule has 0 spiro atoms. The Morgan fingerprint density at radius 2 is 2.12 bits per heavy atom. The number of thiophene rings is 2. The molecule has 3 rings (SSSR count). The molecule has 1 aliphatic carbocycles. The molecule has 2 aromatic rings. The summed E-state index contributed by atoms with van der Waals surface area (Å²) in [6.07, 6.45) is 4.60. The largest absolute Gasteiger partial charge is 0.382 e. The fourth-order valence-electron chi connectivity index (χ4n) is 2.44. The highest BCUT2D eigenvalue weighted by Crippen LogP contribution is 2.37. The third kappa shape index (κ3) is 2.07. The minimum Gasteiger partial charge on any atom is -0.382 e. The van der Waals surface area contributed by atoms with Gasteiger partial charge in [-0.25, -0.2) is 0 Å². The van der Waals surface area contributed by atoms with E-state index < -0.39 is 6.10 Å². The summed E-state index contributed by atoms with van der Waals surface area (Å²) in [4.78, 5) is 3.73. The first kappa shape index (κ1) is 11.5. The molecule has 17 heavy (non-hydrogen) atoms. The predicted molar refractivity (Wildman–Crippen MR) is 74.1 cm³/mol. The predicted octanol–water partition coefficient (Wildman–Crippen LogP) is 4.08. The first-order chi connectivity index (χ1) is 8.25. The molecular weight excluding hydrogens is 248 g/mol. The van der Waals surface area contributed by atoms with Crippen molar-refractivity contribution in [1.29, 1.82) is 0 Å². The van der Waals surface area contributed by atoms with E-state index in [0.717, 1.165) is 9.75 Å². The first-order valence-corrected chi connectivity index (χ1v) is 7.79. The van der Waals surface area contributed by atoms with Gasteiger partial charge in [-0.05, 0) is 61.2 Å². The number of fused-ring (bicyclic) bond motifs is 1. The lowest BCUT2D eigenvalue weighted by atomic mass is 9.99. The number of aliphatic hydroxyl groups excluding tert-OH is 1. The van der Waals surface area contributed by atoms with Crippen molar-refractivity contribution >= 4 is 22.7 Å². The molecule has 0 saturated carbocycles. The highest BCUT2D eigenvalue weighted by molar-refractivity contribution is 7.13. The fourth-order valence-corrected chi connectivity index (χ4v) is 4.70. The SMILES string of the molecule is Cc1ccsc1C(O)c1cc2c(s1)CCCC2. The molecule has 0 fully saturated rings. The van der Waals surface area contributed by atoms with Crippen LogP contribution in [-0.4, -0.2) is 5.11 Å². The zero-order valence-corrected chi connectivity index (χ0v) is 11.5. The lowest BCUT2D eigenvalue weighted by Crippen LogP contribution is -1.97. The molecule has 0 saturated heterocycles. The van der Waals surface area contributed by atoms with Gasteiger partial charge in [-0.3, -0.25) is 0 Å². The summed E-state index contributed by atoms with van der Waals surface area (Å²) in [6, 6.07) is 4.31. The van der Waals surface area contributed by atoms with Crippen molar-refractivity contribution in [2.24, 2.45) is 0 Å². The van der Waals surface area contributed by atoms with Gasteiger partial charge in [-0.15, -0.1) is 22.7 Å². The Hall–Kier alpha value is -0.640. The molecule has 1 atom stereocenters. The lowest BCUT2D eigenvalue weighted by Gasteiger charge is -2.08. The molecule has 1 unspecified atom stereocenters. The second kappa shape index (κ2) is 4.56. The summed E-state index contributed by atoms with van der Waals surface area (Å²) in [6.45, 7) is 2.07. The van der Waals surface area contributed by atoms with Crippen molar-refractivity contribution in [3.63, 3.8) is 0 Å². The van der Waals surface area contributed by atoms with Gasteiger partial charge < -0.3 is 5.11 Å². The lowest BCUT2D eigenvalue weighted by molar-refractivity contribution is 0.227. The Bertz CT molecular complexity index is 501. The Morgan fingerprint density at radius 3 is 2.82 bits per heavy atom. The zero-order valence-electron chi connectivity index (χ0n) is 9.90. The van der Waals surface area contributed by atoms with Crippen LogP contribution in [0.15, 0.2) is 17.5 Å². The van der Waals surface area contributed by atoms with Crippen molar-refractivity contribution < 1.29 is 5.11 Å². The normalized spacial score (nSPS) is 16.8. The van der Waals surface area contributed by atoms with Crippen molar-refractivity contribution in [1.82, 2.24) is 0 Å². The second-order valence-corrected chi connectivity index (χ2v) is 6.79. The van der Waals surface area contributed by atoms with Crippen LogP contribution in [0, 0.1) is 6.92 Å². The van der Waals surface area contributed by atoms with Crippen LogP contribution in [0.25, 0.3) is 0 Å². The van der Waals surface area contributed by atoms with Gasteiger partial charge in [0.25, 0.3) is 0 Å². The van der Waals surface area contributed by atoms with E-state index in [4.69, 9.17) is 0 Å². The van der Waals surface area contributed by atoms with Crippen LogP contribution in [0.2, 0.25) is 0 Å². The van der Waals surface area contributed by atoms with Gasteiger partial charge in [0.1, 0.15) is 6.10 Å². The maximum Gasteiger partial charge on any atom is 0.123 e. The van der Waals surface area contributed by atoms with Crippen molar-refractivity contribution in [2.75, 3.05) is 0 Å². The van der Waals surface area contributed by atoms with E-state index in [2.05, 4.69) is 24.4 Å². The third-order valence-corrected chi connectivity index (χ3v) is 5.80. The average Bonchev–Trinajstić information content (AvgIpc) is 2.93. The van der Waals surface area contributed by atoms with Crippen molar-refractivity contribution in [3.8, 4) is 0 Å². The first-order valence-electron chi connectivity index (χ1n) is 6.09. The number of aliphatic hydroxyl groups is 1. The topological polar surface area (TPSA) is 20.2 Å². The average molecular weight is 264 g/mol. The van der Waals surface area contributed by atoms with Crippen LogP contribution < -0.4 is 0 Å². The van der Waals surface area contributed by atoms with Gasteiger partial charge in [0.15, 0.2) is 0 Å². The van der Waals surface area contributed by atoms with E-state index in [9.17, 15) is 5.11 Å². The molecule has 1 N–H and O–H groups in total. The number of hydrogen-bond acceptors (Lipinski definition) is 3. The standard InChI is InChI=1S/C14H16OS2/c1-9-6-7-16-14(9)13(15)12-8-10-4-2-3-5-11(10)17-12/h6-8,13,15H,2-5H2,1H3. The fraction of sp³-hybridized carbons (Fsp3) is 0.429. The van der Waals surface area contributed by atoms with Gasteiger partial charge in [0.05, 0.1) is 0 Å². The summed E-state index contributed by atoms with van der Waals surface area (Å²) in [7, 11) is 0. The summed E-state index contributed by atoms with van der Waals surface area (Å²) < 4.78 is 0. The summed E-state index contributed by atoms with van der Waals surface area (Å²) in [5.41, 5.74) is 2.68. The zero-order chi connectivity index (χ0) is 11.8. The van der Waals surface area contributed by atoms with Crippen LogP contribution in [0.3, 0.4) is 0 Å². The van der Waals surface area contributed by atoms with E-state index >= 15 is 0 Å². The molecule has 2 aromatic heterocycles. The molecule has 0 radical (unpaired) electrons. The monoisotopic (exact) mass is 264 g/mol. The molecule has 1 aliphatic rings. The second-order valence-electron chi connectivity index (χ2n) is 4.67. The van der Waals surface area contributed by atoms with E-state index in [-0.39, 0.29) is 0 Å². The highest BCUT2D eigenvalue weighted by Gasteiger charge is 2.20. The maximum atomic E-state index is 10.4.